The number of amides is 1. The number of anilines is 1. The molecule has 37 heavy (non-hydrogen) atoms. The van der Waals surface area contributed by atoms with Gasteiger partial charge in [-0.05, 0) is 23.3 Å². The number of ether oxygens (including phenoxy) is 2. The number of carbonyl (C=O) groups excluding carboxylic acids is 1. The Morgan fingerprint density at radius 3 is 2.49 bits per heavy atom. The molecule has 1 fully saturated rings. The molecule has 1 amide bonds. The Bertz CT molecular complexity index is 1250. The lowest BCUT2D eigenvalue weighted by atomic mass is 9.90. The van der Waals surface area contributed by atoms with E-state index in [9.17, 15) is 14.7 Å². The number of carbonyl (C=O) groups is 2. The summed E-state index contributed by atoms with van der Waals surface area (Å²) < 4.78 is 14.5. The second-order valence-electron chi connectivity index (χ2n) is 8.87. The molecule has 2 aromatic carbocycles. The highest BCUT2D eigenvalue weighted by atomic mass is 35.5. The molecule has 1 aliphatic heterocycles. The van der Waals surface area contributed by atoms with Crippen LogP contribution < -0.4 is 5.32 Å². The first kappa shape index (κ1) is 27.1. The van der Waals surface area contributed by atoms with Crippen molar-refractivity contribution in [3.63, 3.8) is 0 Å². The van der Waals surface area contributed by atoms with Gasteiger partial charge in [0.15, 0.2) is 11.4 Å². The quantitative estimate of drug-likeness (QED) is 0.345. The fourth-order valence-corrected chi connectivity index (χ4v) is 4.51. The third-order valence-corrected chi connectivity index (χ3v) is 7.01. The number of carboxylic acids is 1. The van der Waals surface area contributed by atoms with Crippen LogP contribution >= 0.6 is 23.2 Å². The molecule has 4 rings (SSSR count). The van der Waals surface area contributed by atoms with E-state index in [1.807, 2.05) is 37.3 Å². The molecule has 3 N–H and O–H groups in total. The standard InChI is InChI=1S/C26H27Cl2N3O6/c1-15-20(12-31-14-29-24(27)25(31)28)36-26(37-23(15)17-7-5-16(13-32)6-8-17)18-3-2-4-19(11-18)30-21(33)9-10-22(34)35/h2-8,11,14-15,20,23,26,32H,9-10,12-13H2,1H3,(H,30,33)(H,34,35)/t15-,20+,23+,26+/m0/s1. The Hall–Kier alpha value is -2.95. The van der Waals surface area contributed by atoms with E-state index >= 15 is 0 Å². The molecular formula is C26H27Cl2N3O6. The molecule has 9 nitrogen and oxygen atoms in total. The number of halogens is 2. The third kappa shape index (κ3) is 6.68. The van der Waals surface area contributed by atoms with Gasteiger partial charge in [0.05, 0.1) is 38.1 Å². The van der Waals surface area contributed by atoms with Crippen LogP contribution in [0.1, 0.15) is 48.8 Å². The van der Waals surface area contributed by atoms with Crippen molar-refractivity contribution in [2.24, 2.45) is 5.92 Å². The zero-order chi connectivity index (χ0) is 26.5. The van der Waals surface area contributed by atoms with E-state index in [-0.39, 0.29) is 42.7 Å². The van der Waals surface area contributed by atoms with E-state index in [4.69, 9.17) is 37.8 Å². The number of aromatic nitrogens is 2. The van der Waals surface area contributed by atoms with Gasteiger partial charge in [-0.15, -0.1) is 0 Å². The SMILES string of the molecule is C[C@H]1[C@@H](Cn2cnc(Cl)c2Cl)O[C@@H](c2cccc(NC(=O)CCC(=O)O)c2)O[C@H]1c1ccc(CO)cc1. The lowest BCUT2D eigenvalue weighted by molar-refractivity contribution is -0.276. The van der Waals surface area contributed by atoms with Crippen LogP contribution in [0, 0.1) is 5.92 Å². The Balaban J connectivity index is 1.60. The second-order valence-corrected chi connectivity index (χ2v) is 9.58. The van der Waals surface area contributed by atoms with Crippen LogP contribution in [0.15, 0.2) is 54.9 Å². The van der Waals surface area contributed by atoms with Gasteiger partial charge in [0.25, 0.3) is 0 Å². The molecule has 0 spiro atoms. The summed E-state index contributed by atoms with van der Waals surface area (Å²) in [6.07, 6.45) is -0.269. The number of benzene rings is 2. The van der Waals surface area contributed by atoms with Gasteiger partial charge in [0, 0.05) is 23.6 Å². The first-order valence-electron chi connectivity index (χ1n) is 11.7. The van der Waals surface area contributed by atoms with Crippen molar-refractivity contribution in [2.75, 3.05) is 5.32 Å². The Morgan fingerprint density at radius 1 is 1.08 bits per heavy atom. The summed E-state index contributed by atoms with van der Waals surface area (Å²) in [7, 11) is 0. The van der Waals surface area contributed by atoms with Crippen LogP contribution in [0.2, 0.25) is 10.3 Å². The molecule has 0 unspecified atom stereocenters. The molecule has 11 heteroatoms. The topological polar surface area (TPSA) is 123 Å². The molecule has 1 aliphatic rings. The maximum atomic E-state index is 12.1. The third-order valence-electron chi connectivity index (χ3n) is 6.24. The van der Waals surface area contributed by atoms with Gasteiger partial charge < -0.3 is 29.6 Å². The van der Waals surface area contributed by atoms with Crippen LogP contribution in [0.3, 0.4) is 0 Å². The molecule has 0 radical (unpaired) electrons. The number of imidazole rings is 1. The largest absolute Gasteiger partial charge is 0.481 e. The van der Waals surface area contributed by atoms with E-state index in [0.717, 1.165) is 11.1 Å². The molecule has 196 valence electrons. The number of rotatable bonds is 9. The maximum Gasteiger partial charge on any atom is 0.303 e. The Kier molecular flexibility index (Phi) is 8.83. The van der Waals surface area contributed by atoms with Crippen LogP contribution in [-0.2, 0) is 32.2 Å². The van der Waals surface area contributed by atoms with Gasteiger partial charge in [-0.25, -0.2) is 4.98 Å². The second kappa shape index (κ2) is 12.1. The van der Waals surface area contributed by atoms with Gasteiger partial charge in [0.1, 0.15) is 5.15 Å². The molecule has 0 aliphatic carbocycles. The van der Waals surface area contributed by atoms with Crippen molar-refractivity contribution >= 4 is 40.8 Å². The fourth-order valence-electron chi connectivity index (χ4n) is 4.20. The highest BCUT2D eigenvalue weighted by Crippen LogP contribution is 2.42. The number of nitrogens with zero attached hydrogens (tertiary/aromatic N) is 2. The van der Waals surface area contributed by atoms with Crippen LogP contribution in [0.4, 0.5) is 5.69 Å². The highest BCUT2D eigenvalue weighted by Gasteiger charge is 2.39. The molecule has 1 saturated heterocycles. The minimum atomic E-state index is -1.04. The van der Waals surface area contributed by atoms with Crippen LogP contribution in [-0.4, -0.2) is 37.7 Å². The summed E-state index contributed by atoms with van der Waals surface area (Å²) in [5.74, 6) is -1.53. The van der Waals surface area contributed by atoms with Gasteiger partial charge >= 0.3 is 5.97 Å². The van der Waals surface area contributed by atoms with Crippen molar-refractivity contribution in [2.45, 2.75) is 51.4 Å². The normalized spacial score (nSPS) is 21.5. The van der Waals surface area contributed by atoms with Crippen molar-refractivity contribution in [1.29, 1.82) is 0 Å². The predicted molar refractivity (Wildman–Crippen MR) is 137 cm³/mol. The number of aliphatic carboxylic acids is 1. The van der Waals surface area contributed by atoms with Crippen molar-refractivity contribution in [3.05, 3.63) is 81.9 Å². The molecule has 2 heterocycles. The number of hydrogen-bond acceptors (Lipinski definition) is 6. The van der Waals surface area contributed by atoms with Crippen molar-refractivity contribution in [3.8, 4) is 0 Å². The predicted octanol–water partition coefficient (Wildman–Crippen LogP) is 4.98. The molecule has 1 aromatic heterocycles. The van der Waals surface area contributed by atoms with E-state index in [1.54, 1.807) is 29.1 Å². The summed E-state index contributed by atoms with van der Waals surface area (Å²) in [6.45, 7) is 2.36. The number of carboxylic acid groups (broad SMARTS) is 1. The number of aliphatic hydroxyl groups excluding tert-OH is 1. The first-order chi connectivity index (χ1) is 17.7. The van der Waals surface area contributed by atoms with Gasteiger partial charge in [-0.1, -0.05) is 66.5 Å². The molecule has 3 aromatic rings. The van der Waals surface area contributed by atoms with Crippen LogP contribution in [0.25, 0.3) is 0 Å². The molecule has 0 saturated carbocycles. The Morgan fingerprint density at radius 2 is 1.84 bits per heavy atom. The van der Waals surface area contributed by atoms with Crippen molar-refractivity contribution in [1.82, 2.24) is 9.55 Å². The lowest BCUT2D eigenvalue weighted by Crippen LogP contribution is -2.39. The van der Waals surface area contributed by atoms with E-state index in [0.29, 0.717) is 22.9 Å². The summed E-state index contributed by atoms with van der Waals surface area (Å²) in [6, 6.07) is 14.6. The molecular weight excluding hydrogens is 521 g/mol. The smallest absolute Gasteiger partial charge is 0.303 e. The summed E-state index contributed by atoms with van der Waals surface area (Å²) in [5.41, 5.74) is 2.90. The first-order valence-corrected chi connectivity index (χ1v) is 12.5. The van der Waals surface area contributed by atoms with Crippen LogP contribution in [0.5, 0.6) is 0 Å². The summed E-state index contributed by atoms with van der Waals surface area (Å²) in [4.78, 5) is 27.0. The monoisotopic (exact) mass is 547 g/mol. The summed E-state index contributed by atoms with van der Waals surface area (Å²) >= 11 is 12.4. The lowest BCUT2D eigenvalue weighted by Gasteiger charge is -2.41. The zero-order valence-electron chi connectivity index (χ0n) is 20.0. The van der Waals surface area contributed by atoms with E-state index in [1.165, 1.54) is 0 Å². The minimum Gasteiger partial charge on any atom is -0.481 e. The average molecular weight is 548 g/mol. The molecule has 0 bridgehead atoms. The number of hydrogen-bond donors (Lipinski definition) is 3. The highest BCUT2D eigenvalue weighted by molar-refractivity contribution is 6.40. The van der Waals surface area contributed by atoms with E-state index < -0.39 is 18.2 Å². The minimum absolute atomic E-state index is 0.0550. The number of nitrogens with one attached hydrogen (secondary N) is 1. The van der Waals surface area contributed by atoms with Gasteiger partial charge in [-0.3, -0.25) is 9.59 Å². The maximum absolute atomic E-state index is 12.1. The van der Waals surface area contributed by atoms with Gasteiger partial charge in [-0.2, -0.15) is 0 Å². The number of aliphatic hydroxyl groups is 1. The van der Waals surface area contributed by atoms with E-state index in [2.05, 4.69) is 10.3 Å². The Labute approximate surface area is 223 Å². The fraction of sp³-hybridized carbons (Fsp3) is 0.346. The summed E-state index contributed by atoms with van der Waals surface area (Å²) in [5, 5.41) is 21.5. The molecule has 4 atom stereocenters. The van der Waals surface area contributed by atoms with Crippen molar-refractivity contribution < 1.29 is 29.3 Å². The average Bonchev–Trinajstić information content (AvgIpc) is 3.21. The zero-order valence-corrected chi connectivity index (χ0v) is 21.5. The van der Waals surface area contributed by atoms with Gasteiger partial charge in [0.2, 0.25) is 5.91 Å².